The Morgan fingerprint density at radius 2 is 1.43 bits per heavy atom. The van der Waals surface area contributed by atoms with Gasteiger partial charge in [-0.05, 0) is 18.2 Å². The zero-order chi connectivity index (χ0) is 10.6. The van der Waals surface area contributed by atoms with Crippen molar-refractivity contribution in [2.24, 2.45) is 0 Å². The molecule has 0 aliphatic heterocycles. The van der Waals surface area contributed by atoms with Gasteiger partial charge in [0.25, 0.3) is 0 Å². The van der Waals surface area contributed by atoms with Crippen molar-refractivity contribution in [1.82, 2.24) is 0 Å². The molecule has 0 aliphatic carbocycles. The normalized spacial score (nSPS) is 9.29. The number of nitrogens with one attached hydrogen (secondary N) is 2. The molecule has 4 heteroatoms. The second-order valence-corrected chi connectivity index (χ2v) is 2.94. The van der Waals surface area contributed by atoms with Crippen molar-refractivity contribution in [3.05, 3.63) is 24.3 Å². The molecule has 1 aromatic carbocycles. The molecule has 0 saturated carbocycles. The second kappa shape index (κ2) is 4.41. The molecule has 0 aromatic heterocycles. The lowest BCUT2D eigenvalue weighted by atomic mass is 10.2. The van der Waals surface area contributed by atoms with Crippen molar-refractivity contribution in [2.45, 2.75) is 13.8 Å². The van der Waals surface area contributed by atoms with Gasteiger partial charge >= 0.3 is 0 Å². The summed E-state index contributed by atoms with van der Waals surface area (Å²) in [7, 11) is 0. The Hall–Kier alpha value is -1.84. The topological polar surface area (TPSA) is 58.2 Å². The maximum Gasteiger partial charge on any atom is 0.221 e. The van der Waals surface area contributed by atoms with Crippen molar-refractivity contribution < 1.29 is 9.59 Å². The number of amides is 2. The summed E-state index contributed by atoms with van der Waals surface area (Å²) >= 11 is 0. The highest BCUT2D eigenvalue weighted by Crippen LogP contribution is 2.14. The lowest BCUT2D eigenvalue weighted by Gasteiger charge is -2.05. The molecule has 0 spiro atoms. The van der Waals surface area contributed by atoms with Gasteiger partial charge in [0, 0.05) is 25.2 Å². The van der Waals surface area contributed by atoms with Crippen molar-refractivity contribution in [1.29, 1.82) is 0 Å². The predicted octanol–water partition coefficient (Wildman–Crippen LogP) is 1.60. The van der Waals surface area contributed by atoms with Crippen molar-refractivity contribution in [2.75, 3.05) is 10.6 Å². The van der Waals surface area contributed by atoms with Gasteiger partial charge in [0.1, 0.15) is 0 Å². The number of benzene rings is 1. The molecule has 0 unspecified atom stereocenters. The molecule has 2 N–H and O–H groups in total. The van der Waals surface area contributed by atoms with Crippen LogP contribution in [0.1, 0.15) is 13.8 Å². The summed E-state index contributed by atoms with van der Waals surface area (Å²) in [5.74, 6) is -0.269. The molecule has 2 amide bonds. The lowest BCUT2D eigenvalue weighted by molar-refractivity contribution is -0.115. The van der Waals surface area contributed by atoms with Crippen LogP contribution in [0, 0.1) is 0 Å². The number of rotatable bonds is 2. The van der Waals surface area contributed by atoms with Gasteiger partial charge in [-0.3, -0.25) is 9.59 Å². The van der Waals surface area contributed by atoms with Crippen molar-refractivity contribution in [3.8, 4) is 0 Å². The fourth-order valence-corrected chi connectivity index (χ4v) is 1.08. The van der Waals surface area contributed by atoms with E-state index in [0.717, 1.165) is 0 Å². The van der Waals surface area contributed by atoms with E-state index in [4.69, 9.17) is 0 Å². The van der Waals surface area contributed by atoms with E-state index in [9.17, 15) is 9.59 Å². The second-order valence-electron chi connectivity index (χ2n) is 2.94. The van der Waals surface area contributed by atoms with Crippen LogP contribution in [-0.2, 0) is 9.59 Å². The van der Waals surface area contributed by atoms with Crippen LogP contribution in [0.4, 0.5) is 11.4 Å². The first kappa shape index (κ1) is 10.2. The average Bonchev–Trinajstić information content (AvgIpc) is 2.01. The fraction of sp³-hybridized carbons (Fsp3) is 0.200. The van der Waals surface area contributed by atoms with E-state index in [2.05, 4.69) is 10.6 Å². The van der Waals surface area contributed by atoms with E-state index in [1.54, 1.807) is 24.3 Å². The van der Waals surface area contributed by atoms with E-state index < -0.39 is 0 Å². The summed E-state index contributed by atoms with van der Waals surface area (Å²) in [6.07, 6.45) is 0. The minimum atomic E-state index is -0.134. The Kier molecular flexibility index (Phi) is 3.23. The molecule has 0 bridgehead atoms. The number of hydrogen-bond acceptors (Lipinski definition) is 2. The van der Waals surface area contributed by atoms with Crippen LogP contribution in [0.2, 0.25) is 0 Å². The van der Waals surface area contributed by atoms with Crippen molar-refractivity contribution in [3.63, 3.8) is 0 Å². The van der Waals surface area contributed by atoms with Crippen LogP contribution in [0.5, 0.6) is 0 Å². The van der Waals surface area contributed by atoms with Crippen LogP contribution in [-0.4, -0.2) is 11.8 Å². The number of carbonyl (C=O) groups is 2. The maximum atomic E-state index is 10.7. The van der Waals surface area contributed by atoms with Gasteiger partial charge in [-0.2, -0.15) is 0 Å². The van der Waals surface area contributed by atoms with Gasteiger partial charge in [0.15, 0.2) is 0 Å². The Labute approximate surface area is 82.3 Å². The van der Waals surface area contributed by atoms with E-state index in [0.29, 0.717) is 11.4 Å². The molecular formula is C10H12N2O2. The van der Waals surface area contributed by atoms with Gasteiger partial charge < -0.3 is 10.6 Å². The maximum absolute atomic E-state index is 10.7. The lowest BCUT2D eigenvalue weighted by Crippen LogP contribution is -2.08. The summed E-state index contributed by atoms with van der Waals surface area (Å²) in [6, 6.07) is 6.97. The van der Waals surface area contributed by atoms with Crippen LogP contribution >= 0.6 is 0 Å². The SMILES string of the molecule is CC(=O)Nc1cccc(NC(C)=O)c1. The zero-order valence-electron chi connectivity index (χ0n) is 8.13. The highest BCUT2D eigenvalue weighted by molar-refractivity contribution is 5.92. The third-order valence-electron chi connectivity index (χ3n) is 1.50. The van der Waals surface area contributed by atoms with Gasteiger partial charge in [-0.25, -0.2) is 0 Å². The van der Waals surface area contributed by atoms with Gasteiger partial charge in [-0.15, -0.1) is 0 Å². The highest BCUT2D eigenvalue weighted by atomic mass is 16.2. The molecule has 74 valence electrons. The van der Waals surface area contributed by atoms with Gasteiger partial charge in [0.2, 0.25) is 11.8 Å². The Morgan fingerprint density at radius 1 is 1.00 bits per heavy atom. The largest absolute Gasteiger partial charge is 0.326 e. The molecule has 0 heterocycles. The number of hydrogen-bond donors (Lipinski definition) is 2. The fourth-order valence-electron chi connectivity index (χ4n) is 1.08. The third kappa shape index (κ3) is 3.26. The Bertz CT molecular complexity index is 330. The number of carbonyl (C=O) groups excluding carboxylic acids is 2. The van der Waals surface area contributed by atoms with E-state index in [1.807, 2.05) is 0 Å². The van der Waals surface area contributed by atoms with Crippen LogP contribution in [0.3, 0.4) is 0 Å². The summed E-state index contributed by atoms with van der Waals surface area (Å²) < 4.78 is 0. The highest BCUT2D eigenvalue weighted by Gasteiger charge is 1.98. The standard InChI is InChI=1S/C10H12N2O2/c1-7(13)11-9-4-3-5-10(6-9)12-8(2)14/h3-6H,1-2H3,(H,11,13)(H,12,14). The Balaban J connectivity index is 2.78. The van der Waals surface area contributed by atoms with E-state index >= 15 is 0 Å². The molecule has 0 aliphatic rings. The quantitative estimate of drug-likeness (QED) is 0.747. The minimum absolute atomic E-state index is 0.134. The molecule has 0 atom stereocenters. The van der Waals surface area contributed by atoms with Gasteiger partial charge in [-0.1, -0.05) is 6.07 Å². The minimum Gasteiger partial charge on any atom is -0.326 e. The molecule has 1 rings (SSSR count). The number of anilines is 2. The van der Waals surface area contributed by atoms with E-state index in [1.165, 1.54) is 13.8 Å². The Morgan fingerprint density at radius 3 is 1.79 bits per heavy atom. The summed E-state index contributed by atoms with van der Waals surface area (Å²) in [6.45, 7) is 2.87. The summed E-state index contributed by atoms with van der Waals surface area (Å²) in [4.78, 5) is 21.5. The average molecular weight is 192 g/mol. The van der Waals surface area contributed by atoms with Crippen LogP contribution in [0.15, 0.2) is 24.3 Å². The molecule has 14 heavy (non-hydrogen) atoms. The monoisotopic (exact) mass is 192 g/mol. The zero-order valence-corrected chi connectivity index (χ0v) is 8.13. The summed E-state index contributed by atoms with van der Waals surface area (Å²) in [5, 5.41) is 5.26. The first-order chi connectivity index (χ1) is 6.58. The molecule has 0 radical (unpaired) electrons. The van der Waals surface area contributed by atoms with Gasteiger partial charge in [0.05, 0.1) is 0 Å². The molecule has 0 saturated heterocycles. The summed E-state index contributed by atoms with van der Waals surface area (Å²) in [5.41, 5.74) is 1.34. The predicted molar refractivity (Wildman–Crippen MR) is 55.0 cm³/mol. The molecule has 0 fully saturated rings. The van der Waals surface area contributed by atoms with E-state index in [-0.39, 0.29) is 11.8 Å². The first-order valence-corrected chi connectivity index (χ1v) is 4.23. The smallest absolute Gasteiger partial charge is 0.221 e. The molecule has 1 aromatic rings. The third-order valence-corrected chi connectivity index (χ3v) is 1.50. The van der Waals surface area contributed by atoms with Crippen LogP contribution in [0.25, 0.3) is 0 Å². The molecular weight excluding hydrogens is 180 g/mol. The molecule has 4 nitrogen and oxygen atoms in total. The van der Waals surface area contributed by atoms with Crippen LogP contribution < -0.4 is 10.6 Å². The van der Waals surface area contributed by atoms with Crippen molar-refractivity contribution >= 4 is 23.2 Å². The first-order valence-electron chi connectivity index (χ1n) is 4.23.